The average molecular weight is 268 g/mol. The van der Waals surface area contributed by atoms with E-state index in [1.54, 1.807) is 24.3 Å². The first-order valence-electron chi connectivity index (χ1n) is 6.39. The van der Waals surface area contributed by atoms with Crippen LogP contribution in [0.1, 0.15) is 27.4 Å². The van der Waals surface area contributed by atoms with Gasteiger partial charge in [-0.1, -0.05) is 6.07 Å². The lowest BCUT2D eigenvalue weighted by Crippen LogP contribution is -2.27. The second-order valence-corrected chi connectivity index (χ2v) is 4.55. The number of hydrogen-bond acceptors (Lipinski definition) is 3. The summed E-state index contributed by atoms with van der Waals surface area (Å²) in [6, 6.07) is 8.69. The summed E-state index contributed by atoms with van der Waals surface area (Å²) in [5.74, 6) is 0.765. The Hall–Kier alpha value is -2.61. The molecule has 0 spiro atoms. The van der Waals surface area contributed by atoms with Crippen LogP contribution in [0.2, 0.25) is 0 Å². The van der Waals surface area contributed by atoms with Crippen LogP contribution in [0.5, 0.6) is 0 Å². The van der Waals surface area contributed by atoms with Gasteiger partial charge in [0.05, 0.1) is 11.6 Å². The third kappa shape index (κ3) is 3.04. The standard InChI is InChI=1S/C15H16N4O/c1-11-10-18-12(2)19(11)7-6-17-15(20)14-5-3-4-13(8-14)9-16/h3-5,8,10H,6-7H2,1-2H3,(H,17,20). The quantitative estimate of drug-likeness (QED) is 0.919. The van der Waals surface area contributed by atoms with Gasteiger partial charge in [0.15, 0.2) is 0 Å². The van der Waals surface area contributed by atoms with E-state index in [1.165, 1.54) is 0 Å². The largest absolute Gasteiger partial charge is 0.350 e. The van der Waals surface area contributed by atoms with E-state index in [1.807, 2.05) is 30.7 Å². The van der Waals surface area contributed by atoms with Crippen LogP contribution in [0.4, 0.5) is 0 Å². The van der Waals surface area contributed by atoms with E-state index in [2.05, 4.69) is 10.3 Å². The lowest BCUT2D eigenvalue weighted by atomic mass is 10.1. The van der Waals surface area contributed by atoms with E-state index in [0.717, 1.165) is 11.5 Å². The predicted octanol–water partition coefficient (Wildman–Crippen LogP) is 1.80. The Labute approximate surface area is 117 Å². The molecular formula is C15H16N4O. The smallest absolute Gasteiger partial charge is 0.251 e. The van der Waals surface area contributed by atoms with Gasteiger partial charge in [0.2, 0.25) is 0 Å². The average Bonchev–Trinajstić information content (AvgIpc) is 2.79. The molecule has 102 valence electrons. The first-order chi connectivity index (χ1) is 9.61. The fourth-order valence-electron chi connectivity index (χ4n) is 2.03. The van der Waals surface area contributed by atoms with Crippen LogP contribution in [0.3, 0.4) is 0 Å². The summed E-state index contributed by atoms with van der Waals surface area (Å²) in [6.07, 6.45) is 1.81. The van der Waals surface area contributed by atoms with Crippen molar-refractivity contribution in [2.45, 2.75) is 20.4 Å². The van der Waals surface area contributed by atoms with E-state index in [0.29, 0.717) is 24.2 Å². The first kappa shape index (κ1) is 13.8. The van der Waals surface area contributed by atoms with Gasteiger partial charge >= 0.3 is 0 Å². The maximum Gasteiger partial charge on any atom is 0.251 e. The van der Waals surface area contributed by atoms with Gasteiger partial charge < -0.3 is 9.88 Å². The van der Waals surface area contributed by atoms with Crippen LogP contribution < -0.4 is 5.32 Å². The number of carbonyl (C=O) groups is 1. The molecule has 1 amide bonds. The molecule has 5 nitrogen and oxygen atoms in total. The Bertz CT molecular complexity index is 647. The number of carbonyl (C=O) groups excluding carboxylic acids is 1. The topological polar surface area (TPSA) is 70.7 Å². The Balaban J connectivity index is 1.94. The van der Waals surface area contributed by atoms with E-state index < -0.39 is 0 Å². The number of benzene rings is 1. The third-order valence-electron chi connectivity index (χ3n) is 3.13. The van der Waals surface area contributed by atoms with Gasteiger partial charge in [0.25, 0.3) is 5.91 Å². The molecule has 0 unspecified atom stereocenters. The van der Waals surface area contributed by atoms with Crippen LogP contribution in [0.15, 0.2) is 30.5 Å². The van der Waals surface area contributed by atoms with Crippen LogP contribution in [0.25, 0.3) is 0 Å². The molecule has 0 aliphatic rings. The number of rotatable bonds is 4. The van der Waals surface area contributed by atoms with Gasteiger partial charge in [-0.25, -0.2) is 4.98 Å². The fourth-order valence-corrected chi connectivity index (χ4v) is 2.03. The van der Waals surface area contributed by atoms with E-state index in [-0.39, 0.29) is 5.91 Å². The minimum atomic E-state index is -0.169. The molecule has 0 saturated heterocycles. The summed E-state index contributed by atoms with van der Waals surface area (Å²) in [4.78, 5) is 16.2. The predicted molar refractivity (Wildman–Crippen MR) is 75.2 cm³/mol. The second kappa shape index (κ2) is 6.02. The van der Waals surface area contributed by atoms with Crippen molar-refractivity contribution >= 4 is 5.91 Å². The van der Waals surface area contributed by atoms with Crippen LogP contribution in [-0.4, -0.2) is 22.0 Å². The molecule has 0 fully saturated rings. The zero-order valence-corrected chi connectivity index (χ0v) is 11.6. The normalized spacial score (nSPS) is 10.1. The van der Waals surface area contributed by atoms with Crippen LogP contribution in [0, 0.1) is 25.2 Å². The summed E-state index contributed by atoms with van der Waals surface area (Å²) in [5.41, 5.74) is 2.06. The van der Waals surface area contributed by atoms with Gasteiger partial charge in [0, 0.05) is 30.5 Å². The maximum absolute atomic E-state index is 12.0. The monoisotopic (exact) mass is 268 g/mol. The zero-order valence-electron chi connectivity index (χ0n) is 11.6. The molecular weight excluding hydrogens is 252 g/mol. The molecule has 0 bridgehead atoms. The minimum absolute atomic E-state index is 0.169. The summed E-state index contributed by atoms with van der Waals surface area (Å²) >= 11 is 0. The molecule has 1 N–H and O–H groups in total. The number of imidazole rings is 1. The first-order valence-corrected chi connectivity index (χ1v) is 6.39. The van der Waals surface area contributed by atoms with Crippen molar-refractivity contribution in [2.24, 2.45) is 0 Å². The maximum atomic E-state index is 12.0. The molecule has 1 aromatic heterocycles. The molecule has 5 heteroatoms. The molecule has 0 aliphatic carbocycles. The number of nitrogens with zero attached hydrogens (tertiary/aromatic N) is 3. The number of nitriles is 1. The fraction of sp³-hybridized carbons (Fsp3) is 0.267. The van der Waals surface area contributed by atoms with E-state index in [9.17, 15) is 4.79 Å². The highest BCUT2D eigenvalue weighted by molar-refractivity contribution is 5.94. The molecule has 0 atom stereocenters. The molecule has 1 heterocycles. The Kier molecular flexibility index (Phi) is 4.16. The number of aromatic nitrogens is 2. The van der Waals surface area contributed by atoms with Crippen LogP contribution >= 0.6 is 0 Å². The van der Waals surface area contributed by atoms with Crippen LogP contribution in [-0.2, 0) is 6.54 Å². The van der Waals surface area contributed by atoms with Crippen molar-refractivity contribution in [1.29, 1.82) is 5.26 Å². The molecule has 0 saturated carbocycles. The molecule has 2 aromatic rings. The summed E-state index contributed by atoms with van der Waals surface area (Å²) < 4.78 is 2.05. The van der Waals surface area contributed by atoms with Crippen molar-refractivity contribution in [3.63, 3.8) is 0 Å². The van der Waals surface area contributed by atoms with Gasteiger partial charge in [-0.15, -0.1) is 0 Å². The lowest BCUT2D eigenvalue weighted by molar-refractivity contribution is 0.0952. The lowest BCUT2D eigenvalue weighted by Gasteiger charge is -2.09. The summed E-state index contributed by atoms with van der Waals surface area (Å²) in [7, 11) is 0. The Morgan fingerprint density at radius 3 is 2.90 bits per heavy atom. The second-order valence-electron chi connectivity index (χ2n) is 4.55. The highest BCUT2D eigenvalue weighted by Crippen LogP contribution is 2.05. The molecule has 20 heavy (non-hydrogen) atoms. The highest BCUT2D eigenvalue weighted by atomic mass is 16.1. The molecule has 0 radical (unpaired) electrons. The van der Waals surface area contributed by atoms with Crippen molar-refractivity contribution in [3.8, 4) is 6.07 Å². The highest BCUT2D eigenvalue weighted by Gasteiger charge is 2.07. The molecule has 0 aliphatic heterocycles. The van der Waals surface area contributed by atoms with Crippen molar-refractivity contribution in [1.82, 2.24) is 14.9 Å². The summed E-state index contributed by atoms with van der Waals surface area (Å²) in [5, 5.41) is 11.7. The SMILES string of the molecule is Cc1cnc(C)n1CCNC(=O)c1cccc(C#N)c1. The Morgan fingerprint density at radius 1 is 1.45 bits per heavy atom. The molecule has 2 rings (SSSR count). The van der Waals surface area contributed by atoms with Crippen molar-refractivity contribution < 1.29 is 4.79 Å². The van der Waals surface area contributed by atoms with Crippen molar-refractivity contribution in [2.75, 3.05) is 6.54 Å². The van der Waals surface area contributed by atoms with E-state index in [4.69, 9.17) is 5.26 Å². The Morgan fingerprint density at radius 2 is 2.25 bits per heavy atom. The van der Waals surface area contributed by atoms with Gasteiger partial charge in [-0.3, -0.25) is 4.79 Å². The number of aryl methyl sites for hydroxylation is 2. The molecule has 1 aromatic carbocycles. The number of amides is 1. The van der Waals surface area contributed by atoms with Gasteiger partial charge in [-0.05, 0) is 32.0 Å². The summed E-state index contributed by atoms with van der Waals surface area (Å²) in [6.45, 7) is 5.12. The van der Waals surface area contributed by atoms with Crippen molar-refractivity contribution in [3.05, 3.63) is 53.1 Å². The minimum Gasteiger partial charge on any atom is -0.350 e. The third-order valence-corrected chi connectivity index (χ3v) is 3.13. The van der Waals surface area contributed by atoms with Gasteiger partial charge in [-0.2, -0.15) is 5.26 Å². The number of nitrogens with one attached hydrogen (secondary N) is 1. The number of hydrogen-bond donors (Lipinski definition) is 1. The zero-order chi connectivity index (χ0) is 14.5. The van der Waals surface area contributed by atoms with E-state index >= 15 is 0 Å². The van der Waals surface area contributed by atoms with Gasteiger partial charge in [0.1, 0.15) is 5.82 Å².